The summed E-state index contributed by atoms with van der Waals surface area (Å²) in [5.74, 6) is 0. The minimum absolute atomic E-state index is 0.265. The summed E-state index contributed by atoms with van der Waals surface area (Å²) in [6.07, 6.45) is 3.86. The molecule has 1 aromatic carbocycles. The first-order chi connectivity index (χ1) is 11.2. The van der Waals surface area contributed by atoms with Crippen LogP contribution < -0.4 is 5.32 Å². The molecule has 0 spiro atoms. The number of alkyl carbamates (subject to hydrolysis) is 1. The van der Waals surface area contributed by atoms with E-state index >= 15 is 0 Å². The highest BCUT2D eigenvalue weighted by Gasteiger charge is 2.07. The molecule has 0 saturated heterocycles. The number of benzene rings is 1. The van der Waals surface area contributed by atoms with Gasteiger partial charge in [-0.2, -0.15) is 0 Å². The first-order valence-corrected chi connectivity index (χ1v) is 7.66. The van der Waals surface area contributed by atoms with E-state index in [1.54, 1.807) is 6.20 Å². The molecule has 1 amide bonds. The summed E-state index contributed by atoms with van der Waals surface area (Å²) in [7, 11) is 0. The van der Waals surface area contributed by atoms with Gasteiger partial charge in [0.15, 0.2) is 0 Å². The highest BCUT2D eigenvalue weighted by Crippen LogP contribution is 2.20. The zero-order chi connectivity index (χ0) is 16.1. The van der Waals surface area contributed by atoms with Gasteiger partial charge in [-0.1, -0.05) is 41.9 Å². The van der Waals surface area contributed by atoms with E-state index in [9.17, 15) is 4.79 Å². The molecule has 0 bridgehead atoms. The van der Waals surface area contributed by atoms with E-state index in [1.807, 2.05) is 42.6 Å². The van der Waals surface area contributed by atoms with E-state index in [0.29, 0.717) is 18.1 Å². The predicted molar refractivity (Wildman–Crippen MR) is 89.4 cm³/mol. The molecule has 0 unspecified atom stereocenters. The Morgan fingerprint density at radius 3 is 2.96 bits per heavy atom. The number of aromatic amines is 1. The maximum atomic E-state index is 11.7. The van der Waals surface area contributed by atoms with Gasteiger partial charge < -0.3 is 15.0 Å². The zero-order valence-electron chi connectivity index (χ0n) is 12.4. The molecule has 2 N–H and O–H groups in total. The van der Waals surface area contributed by atoms with Crippen molar-refractivity contribution in [1.82, 2.24) is 15.3 Å². The fourth-order valence-corrected chi connectivity index (χ4v) is 2.49. The molecule has 0 aliphatic heterocycles. The van der Waals surface area contributed by atoms with Crippen molar-refractivity contribution in [1.29, 1.82) is 0 Å². The third kappa shape index (κ3) is 4.02. The highest BCUT2D eigenvalue weighted by molar-refractivity contribution is 6.30. The minimum Gasteiger partial charge on any atom is -0.445 e. The van der Waals surface area contributed by atoms with Crippen LogP contribution in [0.5, 0.6) is 0 Å². The Hall–Kier alpha value is -2.53. The van der Waals surface area contributed by atoms with E-state index in [2.05, 4.69) is 15.3 Å². The number of hydrogen-bond acceptors (Lipinski definition) is 3. The second-order valence-electron chi connectivity index (χ2n) is 5.11. The van der Waals surface area contributed by atoms with Crippen molar-refractivity contribution in [2.24, 2.45) is 0 Å². The summed E-state index contributed by atoms with van der Waals surface area (Å²) in [5, 5.41) is 4.22. The number of pyridine rings is 1. The van der Waals surface area contributed by atoms with Gasteiger partial charge in [0.05, 0.1) is 11.7 Å². The highest BCUT2D eigenvalue weighted by atomic mass is 35.5. The van der Waals surface area contributed by atoms with Crippen LogP contribution in [0.1, 0.15) is 11.1 Å². The van der Waals surface area contributed by atoms with Crippen LogP contribution in [-0.2, 0) is 17.8 Å². The lowest BCUT2D eigenvalue weighted by molar-refractivity contribution is 0.140. The second-order valence-corrected chi connectivity index (χ2v) is 5.49. The summed E-state index contributed by atoms with van der Waals surface area (Å²) in [4.78, 5) is 18.9. The van der Waals surface area contributed by atoms with Crippen molar-refractivity contribution in [3.63, 3.8) is 0 Å². The minimum atomic E-state index is -0.423. The molecule has 0 aliphatic carbocycles. The number of halogens is 1. The molecule has 118 valence electrons. The fourth-order valence-electron chi connectivity index (χ4n) is 2.33. The van der Waals surface area contributed by atoms with Crippen LogP contribution in [0.15, 0.2) is 48.8 Å². The first-order valence-electron chi connectivity index (χ1n) is 7.28. The van der Waals surface area contributed by atoms with Crippen molar-refractivity contribution in [3.05, 3.63) is 65.1 Å². The Morgan fingerprint density at radius 2 is 2.13 bits per heavy atom. The number of nitrogens with zero attached hydrogens (tertiary/aromatic N) is 1. The number of carbonyl (C=O) groups excluding carboxylic acids is 1. The maximum Gasteiger partial charge on any atom is 0.407 e. The molecule has 0 fully saturated rings. The Labute approximate surface area is 138 Å². The van der Waals surface area contributed by atoms with Crippen LogP contribution >= 0.6 is 11.6 Å². The second kappa shape index (κ2) is 7.15. The predicted octanol–water partition coefficient (Wildman–Crippen LogP) is 3.69. The molecule has 0 saturated carbocycles. The summed E-state index contributed by atoms with van der Waals surface area (Å²) in [6.45, 7) is 0.752. The molecule has 0 radical (unpaired) electrons. The molecule has 0 atom stereocenters. The number of amides is 1. The van der Waals surface area contributed by atoms with E-state index in [-0.39, 0.29) is 6.61 Å². The third-order valence-electron chi connectivity index (χ3n) is 3.49. The van der Waals surface area contributed by atoms with Gasteiger partial charge in [-0.15, -0.1) is 0 Å². The molecular formula is C17H16ClN3O2. The fraction of sp³-hybridized carbons (Fsp3) is 0.176. The van der Waals surface area contributed by atoms with Crippen LogP contribution in [0.3, 0.4) is 0 Å². The van der Waals surface area contributed by atoms with Gasteiger partial charge >= 0.3 is 6.09 Å². The monoisotopic (exact) mass is 329 g/mol. The van der Waals surface area contributed by atoms with Crippen molar-refractivity contribution in [3.8, 4) is 0 Å². The van der Waals surface area contributed by atoms with Gasteiger partial charge in [-0.05, 0) is 23.6 Å². The van der Waals surface area contributed by atoms with Crippen LogP contribution in [0, 0.1) is 0 Å². The number of aromatic nitrogens is 2. The average molecular weight is 330 g/mol. The number of carbonyl (C=O) groups is 1. The van der Waals surface area contributed by atoms with Crippen LogP contribution in [0.4, 0.5) is 4.79 Å². The molecule has 2 aromatic heterocycles. The summed E-state index contributed by atoms with van der Waals surface area (Å²) in [6, 6.07) is 11.4. The molecular weight excluding hydrogens is 314 g/mol. The smallest absolute Gasteiger partial charge is 0.407 e. The molecule has 5 nitrogen and oxygen atoms in total. The summed E-state index contributed by atoms with van der Waals surface area (Å²) in [5.41, 5.74) is 2.96. The van der Waals surface area contributed by atoms with Crippen LogP contribution in [-0.4, -0.2) is 22.6 Å². The lowest BCUT2D eigenvalue weighted by Crippen LogP contribution is -2.26. The first kappa shape index (κ1) is 15.4. The van der Waals surface area contributed by atoms with Crippen LogP contribution in [0.25, 0.3) is 10.9 Å². The lowest BCUT2D eigenvalue weighted by Gasteiger charge is -2.07. The summed E-state index contributed by atoms with van der Waals surface area (Å²) >= 11 is 5.92. The number of rotatable bonds is 5. The molecule has 3 aromatic rings. The molecule has 6 heteroatoms. The van der Waals surface area contributed by atoms with E-state index in [1.165, 1.54) is 0 Å². The Morgan fingerprint density at radius 1 is 1.30 bits per heavy atom. The normalized spacial score (nSPS) is 10.7. The number of ether oxygens (including phenoxy) is 1. The molecule has 2 heterocycles. The maximum absolute atomic E-state index is 11.7. The van der Waals surface area contributed by atoms with E-state index < -0.39 is 6.09 Å². The van der Waals surface area contributed by atoms with Gasteiger partial charge in [-0.25, -0.2) is 9.78 Å². The third-order valence-corrected chi connectivity index (χ3v) is 3.70. The van der Waals surface area contributed by atoms with Gasteiger partial charge in [0.1, 0.15) is 11.8 Å². The van der Waals surface area contributed by atoms with Crippen molar-refractivity contribution < 1.29 is 9.53 Å². The van der Waals surface area contributed by atoms with Gasteiger partial charge in [-0.3, -0.25) is 0 Å². The number of fused-ring (bicyclic) bond motifs is 1. The van der Waals surface area contributed by atoms with Gasteiger partial charge in [0, 0.05) is 18.1 Å². The molecule has 23 heavy (non-hydrogen) atoms. The van der Waals surface area contributed by atoms with E-state index in [0.717, 1.165) is 22.0 Å². The lowest BCUT2D eigenvalue weighted by atomic mass is 10.1. The Bertz CT molecular complexity index is 802. The van der Waals surface area contributed by atoms with Crippen LogP contribution in [0.2, 0.25) is 5.15 Å². The number of nitrogens with one attached hydrogen (secondary N) is 2. The largest absolute Gasteiger partial charge is 0.445 e. The SMILES string of the molecule is O=C(NCCc1c[nH]c2cnc(Cl)cc12)OCc1ccccc1. The number of hydrogen-bond donors (Lipinski definition) is 2. The number of H-pyrrole nitrogens is 1. The topological polar surface area (TPSA) is 67.0 Å². The van der Waals surface area contributed by atoms with Crippen molar-refractivity contribution >= 4 is 28.6 Å². The summed E-state index contributed by atoms with van der Waals surface area (Å²) < 4.78 is 5.17. The quantitative estimate of drug-likeness (QED) is 0.702. The zero-order valence-corrected chi connectivity index (χ0v) is 13.1. The van der Waals surface area contributed by atoms with Gasteiger partial charge in [0.25, 0.3) is 0 Å². The van der Waals surface area contributed by atoms with Crippen molar-refractivity contribution in [2.45, 2.75) is 13.0 Å². The van der Waals surface area contributed by atoms with Gasteiger partial charge in [0.2, 0.25) is 0 Å². The molecule has 3 rings (SSSR count). The average Bonchev–Trinajstić information content (AvgIpc) is 2.96. The standard InChI is InChI=1S/C17H16ClN3O2/c18-16-8-14-13(9-20-15(14)10-21-16)6-7-19-17(22)23-11-12-4-2-1-3-5-12/h1-5,8-10,20H,6-7,11H2,(H,19,22). The molecule has 0 aliphatic rings. The Kier molecular flexibility index (Phi) is 4.78. The Balaban J connectivity index is 1.48. The van der Waals surface area contributed by atoms with E-state index in [4.69, 9.17) is 16.3 Å². The van der Waals surface area contributed by atoms with Crippen molar-refractivity contribution in [2.75, 3.05) is 6.54 Å².